The standard InChI is InChI=1S/C16H27N3O2/c1-11(2)19-10-14(17)9-15(19)16(20)18(7-8-21-4)12(3)13-5-6-13/h9-13H,5-8,17H2,1-4H3. The van der Waals surface area contributed by atoms with E-state index in [1.165, 1.54) is 12.8 Å². The molecule has 0 radical (unpaired) electrons. The van der Waals surface area contributed by atoms with Crippen LogP contribution < -0.4 is 5.73 Å². The van der Waals surface area contributed by atoms with E-state index < -0.39 is 0 Å². The number of carbonyl (C=O) groups is 1. The van der Waals surface area contributed by atoms with Crippen molar-refractivity contribution < 1.29 is 9.53 Å². The van der Waals surface area contributed by atoms with Crippen molar-refractivity contribution >= 4 is 11.6 Å². The Morgan fingerprint density at radius 3 is 2.67 bits per heavy atom. The van der Waals surface area contributed by atoms with Gasteiger partial charge in [-0.3, -0.25) is 4.79 Å². The number of rotatable bonds is 7. The normalized spacial score (nSPS) is 16.2. The second-order valence-electron chi connectivity index (χ2n) is 6.23. The van der Waals surface area contributed by atoms with E-state index in [2.05, 4.69) is 20.8 Å². The number of nitrogens with two attached hydrogens (primary N) is 1. The summed E-state index contributed by atoms with van der Waals surface area (Å²) in [7, 11) is 1.67. The maximum Gasteiger partial charge on any atom is 0.270 e. The molecule has 1 aromatic heterocycles. The lowest BCUT2D eigenvalue weighted by atomic mass is 10.1. The fourth-order valence-corrected chi connectivity index (χ4v) is 2.76. The molecule has 5 heteroatoms. The number of anilines is 1. The second kappa shape index (κ2) is 6.52. The molecule has 1 saturated carbocycles. The molecule has 1 aliphatic rings. The van der Waals surface area contributed by atoms with Gasteiger partial charge in [0.15, 0.2) is 0 Å². The molecule has 118 valence electrons. The van der Waals surface area contributed by atoms with E-state index in [4.69, 9.17) is 10.5 Å². The molecule has 2 rings (SSSR count). The zero-order valence-corrected chi connectivity index (χ0v) is 13.5. The van der Waals surface area contributed by atoms with E-state index in [-0.39, 0.29) is 18.0 Å². The Morgan fingerprint density at radius 1 is 1.48 bits per heavy atom. The summed E-state index contributed by atoms with van der Waals surface area (Å²) in [6.07, 6.45) is 4.27. The first-order valence-electron chi connectivity index (χ1n) is 7.73. The van der Waals surface area contributed by atoms with Crippen LogP contribution in [0.4, 0.5) is 5.69 Å². The summed E-state index contributed by atoms with van der Waals surface area (Å²) >= 11 is 0. The number of ether oxygens (including phenoxy) is 1. The first-order chi connectivity index (χ1) is 9.95. The Labute approximate surface area is 127 Å². The van der Waals surface area contributed by atoms with E-state index in [0.29, 0.717) is 30.5 Å². The SMILES string of the molecule is COCCN(C(=O)c1cc(N)cn1C(C)C)C(C)C1CC1. The number of hydrogen-bond acceptors (Lipinski definition) is 3. The van der Waals surface area contributed by atoms with Gasteiger partial charge >= 0.3 is 0 Å². The highest BCUT2D eigenvalue weighted by Crippen LogP contribution is 2.35. The van der Waals surface area contributed by atoms with Crippen molar-refractivity contribution in [2.45, 2.75) is 45.7 Å². The van der Waals surface area contributed by atoms with Crippen molar-refractivity contribution in [2.75, 3.05) is 26.0 Å². The van der Waals surface area contributed by atoms with Crippen molar-refractivity contribution in [3.05, 3.63) is 18.0 Å². The number of nitrogen functional groups attached to an aromatic ring is 1. The molecule has 0 aromatic carbocycles. The topological polar surface area (TPSA) is 60.5 Å². The molecule has 1 aliphatic carbocycles. The Balaban J connectivity index is 2.24. The molecule has 5 nitrogen and oxygen atoms in total. The van der Waals surface area contributed by atoms with Gasteiger partial charge in [-0.25, -0.2) is 0 Å². The Bertz CT molecular complexity index is 492. The van der Waals surface area contributed by atoms with Crippen LogP contribution in [0.5, 0.6) is 0 Å². The summed E-state index contributed by atoms with van der Waals surface area (Å²) in [4.78, 5) is 14.9. The molecule has 1 amide bonds. The number of aromatic nitrogens is 1. The third-order valence-electron chi connectivity index (χ3n) is 4.24. The lowest BCUT2D eigenvalue weighted by Gasteiger charge is -2.30. The van der Waals surface area contributed by atoms with E-state index >= 15 is 0 Å². The minimum atomic E-state index is 0.0526. The van der Waals surface area contributed by atoms with Gasteiger partial charge in [0.25, 0.3) is 5.91 Å². The third kappa shape index (κ3) is 3.59. The number of nitrogens with zero attached hydrogens (tertiary/aromatic N) is 2. The molecule has 0 bridgehead atoms. The van der Waals surface area contributed by atoms with Crippen LogP contribution in [0.3, 0.4) is 0 Å². The monoisotopic (exact) mass is 293 g/mol. The van der Waals surface area contributed by atoms with Gasteiger partial charge in [0, 0.05) is 31.9 Å². The molecule has 1 unspecified atom stereocenters. The van der Waals surface area contributed by atoms with E-state index in [0.717, 1.165) is 0 Å². The number of methoxy groups -OCH3 is 1. The van der Waals surface area contributed by atoms with Crippen LogP contribution in [0, 0.1) is 5.92 Å². The van der Waals surface area contributed by atoms with E-state index in [1.54, 1.807) is 13.2 Å². The van der Waals surface area contributed by atoms with Crippen LogP contribution in [0.15, 0.2) is 12.3 Å². The number of hydrogen-bond donors (Lipinski definition) is 1. The third-order valence-corrected chi connectivity index (χ3v) is 4.24. The lowest BCUT2D eigenvalue weighted by Crippen LogP contribution is -2.42. The van der Waals surface area contributed by atoms with Crippen molar-refractivity contribution in [2.24, 2.45) is 5.92 Å². The van der Waals surface area contributed by atoms with Crippen molar-refractivity contribution in [1.82, 2.24) is 9.47 Å². The molecule has 1 heterocycles. The highest BCUT2D eigenvalue weighted by atomic mass is 16.5. The van der Waals surface area contributed by atoms with Gasteiger partial charge < -0.3 is 19.9 Å². The van der Waals surface area contributed by atoms with Crippen molar-refractivity contribution in [3.63, 3.8) is 0 Å². The summed E-state index contributed by atoms with van der Waals surface area (Å²) < 4.78 is 7.12. The average Bonchev–Trinajstić information content (AvgIpc) is 3.20. The van der Waals surface area contributed by atoms with Gasteiger partial charge in [-0.15, -0.1) is 0 Å². The van der Waals surface area contributed by atoms with Crippen LogP contribution in [0.25, 0.3) is 0 Å². The predicted molar refractivity (Wildman–Crippen MR) is 84.3 cm³/mol. The summed E-state index contributed by atoms with van der Waals surface area (Å²) in [6.45, 7) is 7.42. The predicted octanol–water partition coefficient (Wildman–Crippen LogP) is 2.54. The molecular formula is C16H27N3O2. The first-order valence-corrected chi connectivity index (χ1v) is 7.73. The van der Waals surface area contributed by atoms with Gasteiger partial charge in [0.2, 0.25) is 0 Å². The van der Waals surface area contributed by atoms with Crippen LogP contribution in [-0.2, 0) is 4.74 Å². The van der Waals surface area contributed by atoms with Gasteiger partial charge in [0.1, 0.15) is 5.69 Å². The average molecular weight is 293 g/mol. The van der Waals surface area contributed by atoms with E-state index in [1.807, 2.05) is 15.7 Å². The summed E-state index contributed by atoms with van der Waals surface area (Å²) in [6, 6.07) is 2.24. The van der Waals surface area contributed by atoms with Gasteiger partial charge in [0.05, 0.1) is 12.3 Å². The molecule has 21 heavy (non-hydrogen) atoms. The minimum Gasteiger partial charge on any atom is -0.397 e. The highest BCUT2D eigenvalue weighted by Gasteiger charge is 2.35. The fourth-order valence-electron chi connectivity index (χ4n) is 2.76. The van der Waals surface area contributed by atoms with Crippen molar-refractivity contribution in [1.29, 1.82) is 0 Å². The second-order valence-corrected chi connectivity index (χ2v) is 6.23. The molecule has 1 atom stereocenters. The Morgan fingerprint density at radius 2 is 2.14 bits per heavy atom. The minimum absolute atomic E-state index is 0.0526. The zero-order valence-electron chi connectivity index (χ0n) is 13.5. The molecule has 0 spiro atoms. The molecule has 1 fully saturated rings. The molecule has 2 N–H and O–H groups in total. The summed E-state index contributed by atoms with van der Waals surface area (Å²) in [5, 5.41) is 0. The number of amides is 1. The Hall–Kier alpha value is -1.49. The molecule has 0 aliphatic heterocycles. The molecule has 0 saturated heterocycles. The summed E-state index contributed by atoms with van der Waals surface area (Å²) in [5.41, 5.74) is 7.20. The van der Waals surface area contributed by atoms with Gasteiger partial charge in [-0.05, 0) is 45.6 Å². The van der Waals surface area contributed by atoms with Gasteiger partial charge in [-0.1, -0.05) is 0 Å². The first kappa shape index (κ1) is 15.9. The van der Waals surface area contributed by atoms with Crippen LogP contribution in [-0.4, -0.2) is 41.7 Å². The lowest BCUT2D eigenvalue weighted by molar-refractivity contribution is 0.0582. The van der Waals surface area contributed by atoms with Crippen LogP contribution in [0.1, 0.15) is 50.1 Å². The zero-order chi connectivity index (χ0) is 15.6. The van der Waals surface area contributed by atoms with Crippen LogP contribution >= 0.6 is 0 Å². The smallest absolute Gasteiger partial charge is 0.270 e. The molecular weight excluding hydrogens is 266 g/mol. The number of carbonyl (C=O) groups excluding carboxylic acids is 1. The molecule has 1 aromatic rings. The quantitative estimate of drug-likeness (QED) is 0.840. The highest BCUT2D eigenvalue weighted by molar-refractivity contribution is 5.94. The largest absolute Gasteiger partial charge is 0.397 e. The van der Waals surface area contributed by atoms with Crippen molar-refractivity contribution in [3.8, 4) is 0 Å². The maximum atomic E-state index is 13.0. The van der Waals surface area contributed by atoms with Gasteiger partial charge in [-0.2, -0.15) is 0 Å². The summed E-state index contributed by atoms with van der Waals surface area (Å²) in [5.74, 6) is 0.683. The fraction of sp³-hybridized carbons (Fsp3) is 0.688. The van der Waals surface area contributed by atoms with E-state index in [9.17, 15) is 4.79 Å². The maximum absolute atomic E-state index is 13.0. The Kier molecular flexibility index (Phi) is 4.93. The van der Waals surface area contributed by atoms with Crippen LogP contribution in [0.2, 0.25) is 0 Å².